The fourth-order valence-electron chi connectivity index (χ4n) is 3.36. The third-order valence-electron chi connectivity index (χ3n) is 5.15. The molecule has 6 nitrogen and oxygen atoms in total. The summed E-state index contributed by atoms with van der Waals surface area (Å²) in [6.45, 7) is 5.40. The number of piperazine rings is 1. The summed E-state index contributed by atoms with van der Waals surface area (Å²) in [4.78, 5) is 21.0. The van der Waals surface area contributed by atoms with E-state index in [0.717, 1.165) is 44.8 Å². The number of hydrogen-bond acceptors (Lipinski definition) is 5. The van der Waals surface area contributed by atoms with Crippen molar-refractivity contribution in [1.82, 2.24) is 19.9 Å². The molecule has 1 aromatic carbocycles. The number of amides is 1. The number of rotatable bonds is 5. The van der Waals surface area contributed by atoms with Crippen molar-refractivity contribution in [1.29, 1.82) is 0 Å². The predicted octanol–water partition coefficient (Wildman–Crippen LogP) is 2.28. The van der Waals surface area contributed by atoms with E-state index in [1.54, 1.807) is 0 Å². The fraction of sp³-hybridized carbons (Fsp3) is 0.526. The second-order valence-corrected chi connectivity index (χ2v) is 7.02. The second kappa shape index (κ2) is 6.96. The average molecular weight is 340 g/mol. The lowest BCUT2D eigenvalue weighted by Gasteiger charge is -2.36. The van der Waals surface area contributed by atoms with Gasteiger partial charge in [0.25, 0.3) is 0 Å². The highest BCUT2D eigenvalue weighted by atomic mass is 16.5. The van der Waals surface area contributed by atoms with Crippen LogP contribution < -0.4 is 0 Å². The van der Waals surface area contributed by atoms with Crippen LogP contribution in [0.5, 0.6) is 0 Å². The van der Waals surface area contributed by atoms with Crippen LogP contribution in [0.4, 0.5) is 0 Å². The van der Waals surface area contributed by atoms with Crippen molar-refractivity contribution in [3.63, 3.8) is 0 Å². The number of carbonyl (C=O) groups excluding carboxylic acids is 1. The summed E-state index contributed by atoms with van der Waals surface area (Å²) in [5.41, 5.74) is 1.18. The van der Waals surface area contributed by atoms with Gasteiger partial charge in [0, 0.05) is 38.5 Å². The van der Waals surface area contributed by atoms with E-state index in [0.29, 0.717) is 24.1 Å². The minimum atomic E-state index is 0.0789. The highest BCUT2D eigenvalue weighted by molar-refractivity contribution is 5.81. The maximum Gasteiger partial charge on any atom is 0.243 e. The van der Waals surface area contributed by atoms with Gasteiger partial charge in [-0.2, -0.15) is 4.98 Å². The number of hydrogen-bond donors (Lipinski definition) is 0. The third-order valence-corrected chi connectivity index (χ3v) is 5.15. The predicted molar refractivity (Wildman–Crippen MR) is 92.8 cm³/mol. The Labute approximate surface area is 147 Å². The van der Waals surface area contributed by atoms with Crippen molar-refractivity contribution in [2.45, 2.75) is 32.2 Å². The molecule has 0 bridgehead atoms. The van der Waals surface area contributed by atoms with Crippen LogP contribution in [-0.4, -0.2) is 52.0 Å². The molecule has 0 N–H and O–H groups in total. The first-order chi connectivity index (χ1) is 12.2. The molecule has 1 amide bonds. The SMILES string of the molecule is CC(c1nc(Cc2ccccc2)no1)N1CCN(C(=O)C2CC2)CC1. The fourth-order valence-corrected chi connectivity index (χ4v) is 3.36. The molecule has 1 aliphatic carbocycles. The third kappa shape index (κ3) is 3.74. The van der Waals surface area contributed by atoms with Crippen LogP contribution in [0.3, 0.4) is 0 Å². The van der Waals surface area contributed by atoms with Crippen molar-refractivity contribution in [2.24, 2.45) is 5.92 Å². The number of benzene rings is 1. The molecule has 1 atom stereocenters. The van der Waals surface area contributed by atoms with Crippen LogP contribution >= 0.6 is 0 Å². The smallest absolute Gasteiger partial charge is 0.243 e. The molecule has 2 aromatic rings. The van der Waals surface area contributed by atoms with Gasteiger partial charge in [-0.3, -0.25) is 9.69 Å². The largest absolute Gasteiger partial charge is 0.340 e. The van der Waals surface area contributed by atoms with Gasteiger partial charge in [0.15, 0.2) is 5.82 Å². The Bertz CT molecular complexity index is 718. The van der Waals surface area contributed by atoms with Gasteiger partial charge in [0.2, 0.25) is 11.8 Å². The van der Waals surface area contributed by atoms with Crippen LogP contribution in [0.2, 0.25) is 0 Å². The van der Waals surface area contributed by atoms with E-state index in [4.69, 9.17) is 4.52 Å². The lowest BCUT2D eigenvalue weighted by molar-refractivity contribution is -0.134. The molecular weight excluding hydrogens is 316 g/mol. The van der Waals surface area contributed by atoms with Crippen molar-refractivity contribution >= 4 is 5.91 Å². The molecule has 1 aromatic heterocycles. The molecular formula is C19H24N4O2. The molecule has 25 heavy (non-hydrogen) atoms. The Kier molecular flexibility index (Phi) is 4.53. The van der Waals surface area contributed by atoms with Crippen LogP contribution in [0.1, 0.15) is 43.1 Å². The summed E-state index contributed by atoms with van der Waals surface area (Å²) in [7, 11) is 0. The van der Waals surface area contributed by atoms with Gasteiger partial charge in [-0.05, 0) is 25.3 Å². The van der Waals surface area contributed by atoms with Gasteiger partial charge >= 0.3 is 0 Å². The molecule has 2 aliphatic rings. The van der Waals surface area contributed by atoms with Gasteiger partial charge in [-0.15, -0.1) is 0 Å². The molecule has 2 heterocycles. The number of nitrogens with zero attached hydrogens (tertiary/aromatic N) is 4. The van der Waals surface area contributed by atoms with E-state index in [9.17, 15) is 4.79 Å². The molecule has 132 valence electrons. The Hall–Kier alpha value is -2.21. The Morgan fingerprint density at radius 3 is 2.60 bits per heavy atom. The molecule has 0 radical (unpaired) electrons. The van der Waals surface area contributed by atoms with Gasteiger partial charge in [0.1, 0.15) is 0 Å². The molecule has 2 fully saturated rings. The standard InChI is InChI=1S/C19H24N4O2/c1-14(22-9-11-23(12-10-22)19(24)16-7-8-16)18-20-17(21-25-18)13-15-5-3-2-4-6-15/h2-6,14,16H,7-13H2,1H3. The van der Waals surface area contributed by atoms with E-state index in [2.05, 4.69) is 34.1 Å². The van der Waals surface area contributed by atoms with E-state index in [1.807, 2.05) is 23.1 Å². The summed E-state index contributed by atoms with van der Waals surface area (Å²) >= 11 is 0. The summed E-state index contributed by atoms with van der Waals surface area (Å²) in [6, 6.07) is 10.2. The van der Waals surface area contributed by atoms with Gasteiger partial charge in [-0.25, -0.2) is 0 Å². The second-order valence-electron chi connectivity index (χ2n) is 7.02. The highest BCUT2D eigenvalue weighted by Crippen LogP contribution is 2.31. The van der Waals surface area contributed by atoms with Crippen LogP contribution in [-0.2, 0) is 11.2 Å². The number of aromatic nitrogens is 2. The van der Waals surface area contributed by atoms with Crippen molar-refractivity contribution < 1.29 is 9.32 Å². The van der Waals surface area contributed by atoms with Crippen LogP contribution in [0.25, 0.3) is 0 Å². The Balaban J connectivity index is 1.34. The lowest BCUT2D eigenvalue weighted by Crippen LogP contribution is -2.49. The summed E-state index contributed by atoms with van der Waals surface area (Å²) in [5, 5.41) is 4.12. The minimum Gasteiger partial charge on any atom is -0.340 e. The quantitative estimate of drug-likeness (QED) is 0.835. The molecule has 1 aliphatic heterocycles. The van der Waals surface area contributed by atoms with Crippen LogP contribution in [0, 0.1) is 5.92 Å². The van der Waals surface area contributed by atoms with E-state index < -0.39 is 0 Å². The molecule has 4 rings (SSSR count). The zero-order valence-corrected chi connectivity index (χ0v) is 14.6. The summed E-state index contributed by atoms with van der Waals surface area (Å²) < 4.78 is 5.49. The van der Waals surface area contributed by atoms with Gasteiger partial charge in [0.05, 0.1) is 6.04 Å². The zero-order chi connectivity index (χ0) is 17.2. The molecule has 6 heteroatoms. The first-order valence-electron chi connectivity index (χ1n) is 9.10. The maximum absolute atomic E-state index is 12.2. The van der Waals surface area contributed by atoms with Crippen molar-refractivity contribution in [3.8, 4) is 0 Å². The Morgan fingerprint density at radius 1 is 1.20 bits per heavy atom. The van der Waals surface area contributed by atoms with Gasteiger partial charge < -0.3 is 9.42 Å². The Morgan fingerprint density at radius 2 is 1.92 bits per heavy atom. The highest BCUT2D eigenvalue weighted by Gasteiger charge is 2.35. The zero-order valence-electron chi connectivity index (χ0n) is 14.6. The van der Waals surface area contributed by atoms with Crippen molar-refractivity contribution in [3.05, 3.63) is 47.6 Å². The molecule has 0 spiro atoms. The first kappa shape index (κ1) is 16.3. The monoisotopic (exact) mass is 340 g/mol. The van der Waals surface area contributed by atoms with Crippen molar-refractivity contribution in [2.75, 3.05) is 26.2 Å². The van der Waals surface area contributed by atoms with E-state index in [1.165, 1.54) is 5.56 Å². The molecule has 1 saturated carbocycles. The topological polar surface area (TPSA) is 62.5 Å². The van der Waals surface area contributed by atoms with Crippen LogP contribution in [0.15, 0.2) is 34.9 Å². The maximum atomic E-state index is 12.2. The first-order valence-corrected chi connectivity index (χ1v) is 9.10. The van der Waals surface area contributed by atoms with Gasteiger partial charge in [-0.1, -0.05) is 35.5 Å². The minimum absolute atomic E-state index is 0.0789. The molecule has 1 saturated heterocycles. The van der Waals surface area contributed by atoms with E-state index >= 15 is 0 Å². The van der Waals surface area contributed by atoms with E-state index in [-0.39, 0.29) is 6.04 Å². The summed E-state index contributed by atoms with van der Waals surface area (Å²) in [6.07, 6.45) is 2.82. The number of carbonyl (C=O) groups is 1. The normalized spacial score (nSPS) is 19.8. The molecule has 1 unspecified atom stereocenters. The summed E-state index contributed by atoms with van der Waals surface area (Å²) in [5.74, 6) is 2.03. The average Bonchev–Trinajstić information content (AvgIpc) is 3.41. The lowest BCUT2D eigenvalue weighted by atomic mass is 10.1.